The number of aliphatic imine (C=N–C) groups is 1. The zero-order chi connectivity index (χ0) is 13.9. The first-order valence-corrected chi connectivity index (χ1v) is 7.82. The third-order valence-corrected chi connectivity index (χ3v) is 3.05. The molecule has 0 atom stereocenters. The van der Waals surface area contributed by atoms with Crippen molar-refractivity contribution in [3.63, 3.8) is 0 Å². The largest absolute Gasteiger partial charge is 0.381 e. The molecule has 0 saturated heterocycles. The Balaban J connectivity index is 2.05. The first kappa shape index (κ1) is 16.3. The molecule has 0 aliphatic heterocycles. The van der Waals surface area contributed by atoms with Gasteiger partial charge in [0.2, 0.25) is 0 Å². The standard InChI is InChI=1S/C15H31N3O/c1-4-16-15(18-10-8-14-6-7-14)17-9-5-11-19-12-13(2)3/h13-14H,4-12H2,1-3H3,(H2,16,17,18). The van der Waals surface area contributed by atoms with Gasteiger partial charge < -0.3 is 15.4 Å². The predicted octanol–water partition coefficient (Wildman–Crippen LogP) is 2.40. The fraction of sp³-hybridized carbons (Fsp3) is 0.933. The summed E-state index contributed by atoms with van der Waals surface area (Å²) in [7, 11) is 0. The molecule has 0 aromatic rings. The molecule has 19 heavy (non-hydrogen) atoms. The van der Waals surface area contributed by atoms with E-state index in [4.69, 9.17) is 4.74 Å². The van der Waals surface area contributed by atoms with Crippen molar-refractivity contribution in [1.29, 1.82) is 0 Å². The molecule has 0 bridgehead atoms. The summed E-state index contributed by atoms with van der Waals surface area (Å²) in [4.78, 5) is 4.56. The number of nitrogens with zero attached hydrogens (tertiary/aromatic N) is 1. The Kier molecular flexibility index (Phi) is 8.63. The van der Waals surface area contributed by atoms with Crippen molar-refractivity contribution in [3.8, 4) is 0 Å². The molecular weight excluding hydrogens is 238 g/mol. The number of hydrogen-bond acceptors (Lipinski definition) is 2. The van der Waals surface area contributed by atoms with Gasteiger partial charge in [-0.3, -0.25) is 4.99 Å². The van der Waals surface area contributed by atoms with E-state index in [1.807, 2.05) is 0 Å². The highest BCUT2D eigenvalue weighted by molar-refractivity contribution is 5.79. The van der Waals surface area contributed by atoms with Crippen LogP contribution in [0.15, 0.2) is 4.99 Å². The number of guanidine groups is 1. The molecule has 0 unspecified atom stereocenters. The van der Waals surface area contributed by atoms with Gasteiger partial charge in [0.25, 0.3) is 0 Å². The number of nitrogens with one attached hydrogen (secondary N) is 2. The Bertz CT molecular complexity index is 250. The van der Waals surface area contributed by atoms with Crippen LogP contribution in [0.25, 0.3) is 0 Å². The SMILES string of the molecule is CCNC(=NCCCOCC(C)C)NCCC1CC1. The van der Waals surface area contributed by atoms with Gasteiger partial charge in [0, 0.05) is 32.8 Å². The van der Waals surface area contributed by atoms with Crippen LogP contribution in [0.2, 0.25) is 0 Å². The van der Waals surface area contributed by atoms with Crippen LogP contribution in [0.5, 0.6) is 0 Å². The highest BCUT2D eigenvalue weighted by Gasteiger charge is 2.20. The summed E-state index contributed by atoms with van der Waals surface area (Å²) in [5.41, 5.74) is 0. The third kappa shape index (κ3) is 9.77. The lowest BCUT2D eigenvalue weighted by molar-refractivity contribution is 0.109. The van der Waals surface area contributed by atoms with Crippen LogP contribution < -0.4 is 10.6 Å². The van der Waals surface area contributed by atoms with E-state index < -0.39 is 0 Å². The fourth-order valence-corrected chi connectivity index (χ4v) is 1.82. The third-order valence-electron chi connectivity index (χ3n) is 3.05. The number of rotatable bonds is 10. The van der Waals surface area contributed by atoms with Crippen molar-refractivity contribution >= 4 is 5.96 Å². The van der Waals surface area contributed by atoms with Gasteiger partial charge in [0.05, 0.1) is 0 Å². The number of ether oxygens (including phenoxy) is 1. The summed E-state index contributed by atoms with van der Waals surface area (Å²) >= 11 is 0. The van der Waals surface area contributed by atoms with Crippen molar-refractivity contribution in [1.82, 2.24) is 10.6 Å². The fourth-order valence-electron chi connectivity index (χ4n) is 1.82. The zero-order valence-electron chi connectivity index (χ0n) is 12.9. The lowest BCUT2D eigenvalue weighted by Gasteiger charge is -2.11. The van der Waals surface area contributed by atoms with Crippen LogP contribution in [-0.4, -0.2) is 38.8 Å². The van der Waals surface area contributed by atoms with E-state index in [0.29, 0.717) is 5.92 Å². The Labute approximate surface area is 118 Å². The first-order valence-electron chi connectivity index (χ1n) is 7.82. The van der Waals surface area contributed by atoms with Crippen LogP contribution in [0.3, 0.4) is 0 Å². The molecule has 0 aromatic heterocycles. The molecule has 4 nitrogen and oxygen atoms in total. The highest BCUT2D eigenvalue weighted by atomic mass is 16.5. The predicted molar refractivity (Wildman–Crippen MR) is 81.6 cm³/mol. The van der Waals surface area contributed by atoms with E-state index in [-0.39, 0.29) is 0 Å². The minimum Gasteiger partial charge on any atom is -0.381 e. The lowest BCUT2D eigenvalue weighted by atomic mass is 10.2. The van der Waals surface area contributed by atoms with Crippen molar-refractivity contribution in [3.05, 3.63) is 0 Å². The van der Waals surface area contributed by atoms with Crippen molar-refractivity contribution < 1.29 is 4.74 Å². The topological polar surface area (TPSA) is 45.7 Å². The molecule has 0 spiro atoms. The summed E-state index contributed by atoms with van der Waals surface area (Å²) in [6, 6.07) is 0. The van der Waals surface area contributed by atoms with Gasteiger partial charge in [-0.2, -0.15) is 0 Å². The summed E-state index contributed by atoms with van der Waals surface area (Å²) in [6.07, 6.45) is 5.11. The van der Waals surface area contributed by atoms with Crippen molar-refractivity contribution in [2.45, 2.75) is 46.5 Å². The van der Waals surface area contributed by atoms with Gasteiger partial charge in [0.15, 0.2) is 5.96 Å². The lowest BCUT2D eigenvalue weighted by Crippen LogP contribution is -2.38. The molecule has 0 heterocycles. The Morgan fingerprint density at radius 2 is 2.11 bits per heavy atom. The maximum Gasteiger partial charge on any atom is 0.191 e. The molecule has 0 amide bonds. The molecule has 0 radical (unpaired) electrons. The smallest absolute Gasteiger partial charge is 0.191 e. The van der Waals surface area contributed by atoms with E-state index >= 15 is 0 Å². The molecule has 0 aromatic carbocycles. The highest BCUT2D eigenvalue weighted by Crippen LogP contribution is 2.31. The quantitative estimate of drug-likeness (QED) is 0.364. The van der Waals surface area contributed by atoms with E-state index in [2.05, 4.69) is 36.4 Å². The summed E-state index contributed by atoms with van der Waals surface area (Å²) < 4.78 is 5.55. The normalized spacial score (nSPS) is 15.9. The molecule has 1 aliphatic rings. The van der Waals surface area contributed by atoms with E-state index in [1.165, 1.54) is 19.3 Å². The second-order valence-electron chi connectivity index (χ2n) is 5.74. The molecule has 4 heteroatoms. The second kappa shape index (κ2) is 10.1. The zero-order valence-corrected chi connectivity index (χ0v) is 12.9. The van der Waals surface area contributed by atoms with E-state index in [1.54, 1.807) is 0 Å². The van der Waals surface area contributed by atoms with E-state index in [9.17, 15) is 0 Å². The molecule has 1 fully saturated rings. The van der Waals surface area contributed by atoms with Crippen LogP contribution >= 0.6 is 0 Å². The molecule has 1 rings (SSSR count). The van der Waals surface area contributed by atoms with Crippen molar-refractivity contribution in [2.75, 3.05) is 32.8 Å². The van der Waals surface area contributed by atoms with Crippen LogP contribution in [0, 0.1) is 11.8 Å². The Morgan fingerprint density at radius 3 is 2.74 bits per heavy atom. The summed E-state index contributed by atoms with van der Waals surface area (Å²) in [6.45, 7) is 10.9. The summed E-state index contributed by atoms with van der Waals surface area (Å²) in [5, 5.41) is 6.68. The minimum absolute atomic E-state index is 0.616. The monoisotopic (exact) mass is 269 g/mol. The van der Waals surface area contributed by atoms with Gasteiger partial charge in [-0.05, 0) is 31.6 Å². The average Bonchev–Trinajstić information content (AvgIpc) is 3.17. The second-order valence-corrected chi connectivity index (χ2v) is 5.74. The summed E-state index contributed by atoms with van der Waals surface area (Å²) in [5.74, 6) is 2.54. The first-order chi connectivity index (χ1) is 9.22. The maximum atomic E-state index is 5.55. The van der Waals surface area contributed by atoms with Gasteiger partial charge in [-0.25, -0.2) is 0 Å². The van der Waals surface area contributed by atoms with Crippen LogP contribution in [-0.2, 0) is 4.74 Å². The Hall–Kier alpha value is -0.770. The van der Waals surface area contributed by atoms with Gasteiger partial charge >= 0.3 is 0 Å². The molecular formula is C15H31N3O. The van der Waals surface area contributed by atoms with Crippen molar-refractivity contribution in [2.24, 2.45) is 16.8 Å². The maximum absolute atomic E-state index is 5.55. The average molecular weight is 269 g/mol. The van der Waals surface area contributed by atoms with Gasteiger partial charge in [-0.1, -0.05) is 26.7 Å². The van der Waals surface area contributed by atoms with Gasteiger partial charge in [-0.15, -0.1) is 0 Å². The van der Waals surface area contributed by atoms with Crippen LogP contribution in [0.4, 0.5) is 0 Å². The van der Waals surface area contributed by atoms with Gasteiger partial charge in [0.1, 0.15) is 0 Å². The van der Waals surface area contributed by atoms with Crippen LogP contribution in [0.1, 0.15) is 46.5 Å². The molecule has 1 aliphatic carbocycles. The van der Waals surface area contributed by atoms with E-state index in [0.717, 1.165) is 51.1 Å². The number of hydrogen-bond donors (Lipinski definition) is 2. The molecule has 2 N–H and O–H groups in total. The Morgan fingerprint density at radius 1 is 1.32 bits per heavy atom. The minimum atomic E-state index is 0.616. The molecule has 112 valence electrons. The molecule has 1 saturated carbocycles.